The van der Waals surface area contributed by atoms with Crippen LogP contribution in [0.15, 0.2) is 36.4 Å². The maximum Gasteiger partial charge on any atom is 0.247 e. The number of nitrogens with two attached hydrogens (primary N) is 1. The fourth-order valence-corrected chi connectivity index (χ4v) is 8.07. The zero-order valence-electron chi connectivity index (χ0n) is 22.9. The molecule has 2 aromatic rings. The topological polar surface area (TPSA) is 95.7 Å². The van der Waals surface area contributed by atoms with Gasteiger partial charge in [0.15, 0.2) is 11.6 Å². The molecule has 7 nitrogen and oxygen atoms in total. The first kappa shape index (κ1) is 27.8. The Bertz CT molecular complexity index is 1350. The van der Waals surface area contributed by atoms with Gasteiger partial charge in [-0.2, -0.15) is 0 Å². The Morgan fingerprint density at radius 1 is 0.951 bits per heavy atom. The molecule has 7 rings (SSSR count). The van der Waals surface area contributed by atoms with Crippen molar-refractivity contribution in [2.75, 3.05) is 18.0 Å². The first-order valence-electron chi connectivity index (χ1n) is 14.4. The minimum atomic E-state index is -1.30. The molecule has 1 heterocycles. The minimum absolute atomic E-state index is 0.127. The monoisotopic (exact) mass is 568 g/mol. The summed E-state index contributed by atoms with van der Waals surface area (Å²) >= 11 is 0. The highest BCUT2D eigenvalue weighted by molar-refractivity contribution is 6.02. The average molecular weight is 569 g/mol. The third kappa shape index (κ3) is 5.71. The molecule has 1 aliphatic heterocycles. The number of hydrogen-bond acceptors (Lipinski definition) is 4. The van der Waals surface area contributed by atoms with Crippen molar-refractivity contribution in [1.82, 2.24) is 10.2 Å². The standard InChI is InChI=1S/C31H35F3N4O3/c32-24-11-26(34)25(33)9-22(24)8-23(35)10-29(40)37-15-21-3-1-2-4-27(21)38(30(41)17-37)16-28(39)36-31-12-18-5-19(13-31)7-20(6-18)14-31/h1-4,9,11,18-20,23H,5-8,10,12-17,35H2,(H,36,39)/t18?,19?,20?,23-,31?/m1/s1. The predicted octanol–water partition coefficient (Wildman–Crippen LogP) is 3.82. The van der Waals surface area contributed by atoms with Gasteiger partial charge in [0.05, 0.1) is 0 Å². The zero-order valence-corrected chi connectivity index (χ0v) is 22.9. The first-order valence-corrected chi connectivity index (χ1v) is 14.4. The van der Waals surface area contributed by atoms with E-state index in [1.807, 2.05) is 12.1 Å². The molecule has 3 N–H and O–H groups in total. The number of hydrogen-bond donors (Lipinski definition) is 2. The van der Waals surface area contributed by atoms with Crippen LogP contribution < -0.4 is 16.0 Å². The van der Waals surface area contributed by atoms with E-state index in [1.54, 1.807) is 12.1 Å². The normalized spacial score (nSPS) is 27.4. The number of nitrogens with one attached hydrogen (secondary N) is 1. The Hall–Kier alpha value is -3.40. The second kappa shape index (κ2) is 10.8. The maximum atomic E-state index is 14.1. The molecule has 4 fully saturated rings. The van der Waals surface area contributed by atoms with Crippen LogP contribution >= 0.6 is 0 Å². The first-order chi connectivity index (χ1) is 19.6. The number of fused-ring (bicyclic) bond motifs is 1. The summed E-state index contributed by atoms with van der Waals surface area (Å²) in [5.41, 5.74) is 7.09. The highest BCUT2D eigenvalue weighted by Crippen LogP contribution is 2.55. The van der Waals surface area contributed by atoms with E-state index in [0.29, 0.717) is 29.5 Å². The lowest BCUT2D eigenvalue weighted by Gasteiger charge is -2.57. The number of amides is 3. The van der Waals surface area contributed by atoms with Crippen molar-refractivity contribution in [1.29, 1.82) is 0 Å². The van der Waals surface area contributed by atoms with Crippen molar-refractivity contribution in [3.05, 3.63) is 65.0 Å². The van der Waals surface area contributed by atoms with Gasteiger partial charge in [-0.3, -0.25) is 14.4 Å². The van der Waals surface area contributed by atoms with Crippen LogP contribution in [0.4, 0.5) is 18.9 Å². The number of rotatable bonds is 7. The van der Waals surface area contributed by atoms with Crippen molar-refractivity contribution >= 4 is 23.4 Å². The molecular weight excluding hydrogens is 533 g/mol. The lowest BCUT2D eigenvalue weighted by atomic mass is 9.53. The van der Waals surface area contributed by atoms with Gasteiger partial charge < -0.3 is 20.9 Å². The fourth-order valence-electron chi connectivity index (χ4n) is 8.07. The van der Waals surface area contributed by atoms with E-state index in [9.17, 15) is 27.6 Å². The van der Waals surface area contributed by atoms with Crippen LogP contribution in [-0.2, 0) is 27.3 Å². The average Bonchev–Trinajstić information content (AvgIpc) is 3.02. The molecule has 0 aromatic heterocycles. The predicted molar refractivity (Wildman–Crippen MR) is 146 cm³/mol. The van der Waals surface area contributed by atoms with Crippen molar-refractivity contribution < 1.29 is 27.6 Å². The van der Waals surface area contributed by atoms with E-state index >= 15 is 0 Å². The molecule has 0 radical (unpaired) electrons. The summed E-state index contributed by atoms with van der Waals surface area (Å²) in [5.74, 6) is -2.41. The number of anilines is 1. The highest BCUT2D eigenvalue weighted by atomic mass is 19.2. The molecule has 0 unspecified atom stereocenters. The van der Waals surface area contributed by atoms with Gasteiger partial charge in [0.25, 0.3) is 0 Å². The van der Waals surface area contributed by atoms with Gasteiger partial charge in [0, 0.05) is 36.3 Å². The van der Waals surface area contributed by atoms with E-state index in [4.69, 9.17) is 5.73 Å². The van der Waals surface area contributed by atoms with Gasteiger partial charge in [0.1, 0.15) is 18.9 Å². The third-order valence-corrected chi connectivity index (χ3v) is 9.38. The summed E-state index contributed by atoms with van der Waals surface area (Å²) in [4.78, 5) is 42.9. The molecule has 4 bridgehead atoms. The molecule has 4 saturated carbocycles. The quantitative estimate of drug-likeness (QED) is 0.497. The van der Waals surface area contributed by atoms with Crippen molar-refractivity contribution in [3.8, 4) is 0 Å². The number of benzene rings is 2. The van der Waals surface area contributed by atoms with Crippen LogP contribution in [0.5, 0.6) is 0 Å². The Labute approximate surface area is 237 Å². The largest absolute Gasteiger partial charge is 0.349 e. The van der Waals surface area contributed by atoms with Crippen molar-refractivity contribution in [2.45, 2.75) is 69.5 Å². The van der Waals surface area contributed by atoms with Crippen LogP contribution in [0, 0.1) is 35.2 Å². The van der Waals surface area contributed by atoms with Crippen LogP contribution in [0.1, 0.15) is 56.1 Å². The van der Waals surface area contributed by atoms with Crippen molar-refractivity contribution in [2.24, 2.45) is 23.5 Å². The molecule has 0 spiro atoms. The SMILES string of the molecule is N[C@@H](CC(=O)N1CC(=O)N(CC(=O)NC23CC4CC(CC(C4)C2)C3)c2ccccc2C1)Cc1cc(F)c(F)cc1F. The Kier molecular flexibility index (Phi) is 7.30. The van der Waals surface area contributed by atoms with Crippen LogP contribution in [-0.4, -0.2) is 47.3 Å². The molecule has 41 heavy (non-hydrogen) atoms. The zero-order chi connectivity index (χ0) is 28.9. The molecule has 2 aromatic carbocycles. The number of carbonyl (C=O) groups excluding carboxylic acids is 3. The van der Waals surface area contributed by atoms with Gasteiger partial charge in [-0.05, 0) is 86.0 Å². The van der Waals surface area contributed by atoms with Gasteiger partial charge in [-0.1, -0.05) is 18.2 Å². The molecule has 3 amide bonds. The van der Waals surface area contributed by atoms with E-state index in [-0.39, 0.29) is 55.4 Å². The Balaban J connectivity index is 1.13. The summed E-state index contributed by atoms with van der Waals surface area (Å²) in [6, 6.07) is 7.51. The summed E-state index contributed by atoms with van der Waals surface area (Å²) in [6.45, 7) is -0.237. The second-order valence-corrected chi connectivity index (χ2v) is 12.6. The Morgan fingerprint density at radius 3 is 2.27 bits per heavy atom. The summed E-state index contributed by atoms with van der Waals surface area (Å²) < 4.78 is 41.0. The highest BCUT2D eigenvalue weighted by Gasteiger charge is 2.51. The smallest absolute Gasteiger partial charge is 0.247 e. The van der Waals surface area contributed by atoms with Crippen LogP contribution in [0.2, 0.25) is 0 Å². The second-order valence-electron chi connectivity index (χ2n) is 12.6. The van der Waals surface area contributed by atoms with E-state index in [2.05, 4.69) is 5.32 Å². The molecular formula is C31H35F3N4O3. The van der Waals surface area contributed by atoms with E-state index in [0.717, 1.165) is 30.9 Å². The molecule has 10 heteroatoms. The lowest BCUT2D eigenvalue weighted by Crippen LogP contribution is -2.61. The Morgan fingerprint density at radius 2 is 1.59 bits per heavy atom. The van der Waals surface area contributed by atoms with Crippen LogP contribution in [0.3, 0.4) is 0 Å². The number of halogens is 3. The number of carbonyl (C=O) groups is 3. The molecule has 218 valence electrons. The molecule has 0 saturated heterocycles. The number of para-hydroxylation sites is 1. The van der Waals surface area contributed by atoms with E-state index < -0.39 is 29.4 Å². The third-order valence-electron chi connectivity index (χ3n) is 9.38. The van der Waals surface area contributed by atoms with Gasteiger partial charge in [-0.25, -0.2) is 13.2 Å². The summed E-state index contributed by atoms with van der Waals surface area (Å²) in [7, 11) is 0. The summed E-state index contributed by atoms with van der Waals surface area (Å²) in [6.07, 6.45) is 6.40. The van der Waals surface area contributed by atoms with E-state index in [1.165, 1.54) is 29.1 Å². The van der Waals surface area contributed by atoms with Gasteiger partial charge >= 0.3 is 0 Å². The van der Waals surface area contributed by atoms with Crippen molar-refractivity contribution in [3.63, 3.8) is 0 Å². The van der Waals surface area contributed by atoms with Crippen LogP contribution in [0.25, 0.3) is 0 Å². The molecule has 1 atom stereocenters. The summed E-state index contributed by atoms with van der Waals surface area (Å²) in [5, 5.41) is 3.33. The molecule has 4 aliphatic carbocycles. The maximum absolute atomic E-state index is 14.1. The number of nitrogens with zero attached hydrogens (tertiary/aromatic N) is 2. The van der Waals surface area contributed by atoms with Gasteiger partial charge in [-0.15, -0.1) is 0 Å². The lowest BCUT2D eigenvalue weighted by molar-refractivity contribution is -0.136. The van der Waals surface area contributed by atoms with Gasteiger partial charge in [0.2, 0.25) is 17.7 Å². The molecule has 5 aliphatic rings. The fraction of sp³-hybridized carbons (Fsp3) is 0.516. The minimum Gasteiger partial charge on any atom is -0.349 e.